The number of ketones is 2. The molecule has 6 heteroatoms. The minimum Gasteiger partial charge on any atom is -0.346 e. The molecule has 2 radical (unpaired) electrons. The van der Waals surface area contributed by atoms with Crippen molar-refractivity contribution in [2.24, 2.45) is 0 Å². The number of nitrogens with one attached hydrogen (secondary N) is 1. The highest BCUT2D eigenvalue weighted by molar-refractivity contribution is 6.25. The van der Waals surface area contributed by atoms with Crippen molar-refractivity contribution in [1.29, 1.82) is 0 Å². The van der Waals surface area contributed by atoms with Gasteiger partial charge in [0, 0.05) is 19.3 Å². The van der Waals surface area contributed by atoms with Crippen molar-refractivity contribution < 1.29 is 24.0 Å². The van der Waals surface area contributed by atoms with Gasteiger partial charge in [-0.2, -0.15) is 0 Å². The first-order valence-corrected chi connectivity index (χ1v) is 11.6. The standard InChI is InChI=1S/C24H39NO5/c1-21(28)15-13-11-9-7-5-3-2-4-6-8-10-12-14-16-24(30)25-22(19-26)17-18-23(29)20-27/h22H,2-18H2,1H3,(H,25,30). The zero-order valence-electron chi connectivity index (χ0n) is 18.6. The monoisotopic (exact) mass is 421 g/mol. The van der Waals surface area contributed by atoms with Crippen LogP contribution in [0.15, 0.2) is 0 Å². The van der Waals surface area contributed by atoms with E-state index in [-0.39, 0.29) is 18.7 Å². The van der Waals surface area contributed by atoms with Crippen LogP contribution >= 0.6 is 0 Å². The Bertz CT molecular complexity index is 504. The molecule has 0 rings (SSSR count). The molecule has 0 spiro atoms. The molecular weight excluding hydrogens is 382 g/mol. The number of hydrogen-bond acceptors (Lipinski definition) is 5. The number of hydrogen-bond donors (Lipinski definition) is 1. The average molecular weight is 422 g/mol. The summed E-state index contributed by atoms with van der Waals surface area (Å²) in [6.45, 7) is 1.66. The Kier molecular flexibility index (Phi) is 19.2. The molecule has 0 saturated carbocycles. The molecule has 0 aliphatic heterocycles. The van der Waals surface area contributed by atoms with Crippen LogP contribution in [-0.2, 0) is 24.0 Å². The second-order valence-corrected chi connectivity index (χ2v) is 8.10. The number of rotatable bonds is 22. The molecule has 0 saturated heterocycles. The Morgan fingerprint density at radius 2 is 1.10 bits per heavy atom. The van der Waals surface area contributed by atoms with Crippen LogP contribution in [0.4, 0.5) is 0 Å². The summed E-state index contributed by atoms with van der Waals surface area (Å²) in [7, 11) is 0. The summed E-state index contributed by atoms with van der Waals surface area (Å²) in [5.41, 5.74) is 0. The van der Waals surface area contributed by atoms with Gasteiger partial charge in [0.15, 0.2) is 0 Å². The number of carbonyl (C=O) groups is 3. The fraction of sp³-hybridized carbons (Fsp3) is 0.792. The summed E-state index contributed by atoms with van der Waals surface area (Å²) in [6.07, 6.45) is 19.1. The molecular formula is C24H39NO5. The van der Waals surface area contributed by atoms with Crippen LogP contribution in [0.1, 0.15) is 116 Å². The summed E-state index contributed by atoms with van der Waals surface area (Å²) in [5.74, 6) is -0.624. The van der Waals surface area contributed by atoms with Gasteiger partial charge in [-0.25, -0.2) is 0 Å². The van der Waals surface area contributed by atoms with E-state index in [9.17, 15) is 24.0 Å². The second kappa shape index (κ2) is 20.4. The van der Waals surface area contributed by atoms with Crippen molar-refractivity contribution >= 4 is 30.0 Å². The highest BCUT2D eigenvalue weighted by Crippen LogP contribution is 2.13. The van der Waals surface area contributed by atoms with Crippen LogP contribution in [0.5, 0.6) is 0 Å². The van der Waals surface area contributed by atoms with E-state index in [0.29, 0.717) is 12.2 Å². The van der Waals surface area contributed by atoms with E-state index >= 15 is 0 Å². The fourth-order valence-corrected chi connectivity index (χ4v) is 3.36. The van der Waals surface area contributed by atoms with Gasteiger partial charge < -0.3 is 10.1 Å². The van der Waals surface area contributed by atoms with Crippen molar-refractivity contribution in [2.45, 2.75) is 122 Å². The summed E-state index contributed by atoms with van der Waals surface area (Å²) in [4.78, 5) is 54.5. The van der Waals surface area contributed by atoms with Crippen LogP contribution in [0.3, 0.4) is 0 Å². The molecule has 0 fully saturated rings. The number of Topliss-reactive ketones (excluding diaryl/α,β-unsaturated/α-hetero) is 2. The predicted octanol–water partition coefficient (Wildman–Crippen LogP) is 4.48. The summed E-state index contributed by atoms with van der Waals surface area (Å²) in [5, 5.41) is 2.54. The summed E-state index contributed by atoms with van der Waals surface area (Å²) in [6, 6.07) is -0.838. The molecule has 1 amide bonds. The first kappa shape index (κ1) is 28.1. The SMILES string of the molecule is CC(=O)CCCCCCCCCCCCCCCC(=O)NC([C]=O)CCC(=O)[C]=O. The fourth-order valence-electron chi connectivity index (χ4n) is 3.36. The Morgan fingerprint density at radius 3 is 1.50 bits per heavy atom. The van der Waals surface area contributed by atoms with Gasteiger partial charge in [-0.3, -0.25) is 19.2 Å². The molecule has 6 nitrogen and oxygen atoms in total. The highest BCUT2D eigenvalue weighted by Gasteiger charge is 2.14. The lowest BCUT2D eigenvalue weighted by Crippen LogP contribution is -2.36. The molecule has 0 aliphatic carbocycles. The quantitative estimate of drug-likeness (QED) is 0.205. The van der Waals surface area contributed by atoms with Crippen LogP contribution in [-0.4, -0.2) is 36.1 Å². The van der Waals surface area contributed by atoms with Crippen molar-refractivity contribution in [1.82, 2.24) is 5.32 Å². The topological polar surface area (TPSA) is 97.4 Å². The summed E-state index contributed by atoms with van der Waals surface area (Å²) < 4.78 is 0. The third kappa shape index (κ3) is 19.5. The Hall–Kier alpha value is -1.85. The third-order valence-corrected chi connectivity index (χ3v) is 5.18. The zero-order valence-corrected chi connectivity index (χ0v) is 18.6. The Morgan fingerprint density at radius 1 is 0.667 bits per heavy atom. The van der Waals surface area contributed by atoms with Gasteiger partial charge in [0.2, 0.25) is 18.0 Å². The van der Waals surface area contributed by atoms with Crippen molar-refractivity contribution in [3.8, 4) is 0 Å². The number of amides is 1. The number of carbonyl (C=O) groups excluding carboxylic acids is 5. The van der Waals surface area contributed by atoms with Gasteiger partial charge in [0.25, 0.3) is 6.29 Å². The van der Waals surface area contributed by atoms with Crippen LogP contribution in [0.2, 0.25) is 0 Å². The summed E-state index contributed by atoms with van der Waals surface area (Å²) >= 11 is 0. The molecule has 170 valence electrons. The maximum Gasteiger partial charge on any atom is 0.272 e. The number of unbranched alkanes of at least 4 members (excludes halogenated alkanes) is 12. The zero-order chi connectivity index (χ0) is 22.5. The largest absolute Gasteiger partial charge is 0.346 e. The molecule has 0 aliphatic rings. The third-order valence-electron chi connectivity index (χ3n) is 5.18. The normalized spacial score (nSPS) is 11.6. The first-order valence-electron chi connectivity index (χ1n) is 11.6. The highest BCUT2D eigenvalue weighted by atomic mass is 16.2. The molecule has 30 heavy (non-hydrogen) atoms. The lowest BCUT2D eigenvalue weighted by Gasteiger charge is -2.10. The maximum absolute atomic E-state index is 11.8. The van der Waals surface area contributed by atoms with E-state index < -0.39 is 11.8 Å². The van der Waals surface area contributed by atoms with Gasteiger partial charge in [0.1, 0.15) is 5.78 Å². The molecule has 0 bridgehead atoms. The minimum atomic E-state index is -0.838. The lowest BCUT2D eigenvalue weighted by molar-refractivity contribution is -0.122. The molecule has 0 aromatic rings. The Labute approximate surface area is 181 Å². The van der Waals surface area contributed by atoms with Crippen molar-refractivity contribution in [3.05, 3.63) is 0 Å². The van der Waals surface area contributed by atoms with Crippen molar-refractivity contribution in [3.63, 3.8) is 0 Å². The molecule has 0 aromatic carbocycles. The van der Waals surface area contributed by atoms with Gasteiger partial charge in [-0.05, 0) is 26.2 Å². The van der Waals surface area contributed by atoms with E-state index in [2.05, 4.69) is 5.32 Å². The lowest BCUT2D eigenvalue weighted by atomic mass is 10.0. The second-order valence-electron chi connectivity index (χ2n) is 8.10. The first-order chi connectivity index (χ1) is 14.5. The maximum atomic E-state index is 11.8. The van der Waals surface area contributed by atoms with Gasteiger partial charge in [0.05, 0.1) is 6.04 Å². The molecule has 0 aromatic heterocycles. The predicted molar refractivity (Wildman–Crippen MR) is 117 cm³/mol. The molecule has 1 unspecified atom stereocenters. The average Bonchev–Trinajstić information content (AvgIpc) is 2.73. The molecule has 1 atom stereocenters. The van der Waals surface area contributed by atoms with Gasteiger partial charge in [-0.1, -0.05) is 70.6 Å². The van der Waals surface area contributed by atoms with Crippen LogP contribution in [0, 0.1) is 0 Å². The van der Waals surface area contributed by atoms with E-state index in [4.69, 9.17) is 0 Å². The van der Waals surface area contributed by atoms with Gasteiger partial charge in [-0.15, -0.1) is 0 Å². The van der Waals surface area contributed by atoms with E-state index in [1.807, 2.05) is 0 Å². The van der Waals surface area contributed by atoms with E-state index in [1.54, 1.807) is 13.2 Å². The van der Waals surface area contributed by atoms with Crippen molar-refractivity contribution in [2.75, 3.05) is 0 Å². The minimum absolute atomic E-state index is 0.0865. The van der Waals surface area contributed by atoms with E-state index in [1.165, 1.54) is 64.1 Å². The smallest absolute Gasteiger partial charge is 0.272 e. The molecule has 0 heterocycles. The van der Waals surface area contributed by atoms with Gasteiger partial charge >= 0.3 is 0 Å². The van der Waals surface area contributed by atoms with Crippen LogP contribution in [0.25, 0.3) is 0 Å². The molecule has 1 N–H and O–H groups in total. The van der Waals surface area contributed by atoms with E-state index in [0.717, 1.165) is 32.1 Å². The van der Waals surface area contributed by atoms with Crippen LogP contribution < -0.4 is 5.32 Å². The Balaban J connectivity index is 3.41.